The lowest BCUT2D eigenvalue weighted by molar-refractivity contribution is -0.0371. The van der Waals surface area contributed by atoms with Gasteiger partial charge in [-0.1, -0.05) is 18.9 Å². The molecule has 1 aliphatic heterocycles. The number of allylic oxidation sites excluding steroid dienone is 1. The molecular formula is C15H29N3O. The van der Waals surface area contributed by atoms with Crippen LogP contribution in [0.25, 0.3) is 0 Å². The van der Waals surface area contributed by atoms with E-state index >= 15 is 0 Å². The Morgan fingerprint density at radius 2 is 2.00 bits per heavy atom. The Morgan fingerprint density at radius 3 is 2.58 bits per heavy atom. The molecule has 4 heteroatoms. The van der Waals surface area contributed by atoms with Crippen molar-refractivity contribution >= 4 is 0 Å². The van der Waals surface area contributed by atoms with Crippen LogP contribution in [0.15, 0.2) is 12.7 Å². The van der Waals surface area contributed by atoms with Crippen molar-refractivity contribution in [1.82, 2.24) is 10.3 Å². The maximum atomic E-state index is 5.89. The van der Waals surface area contributed by atoms with Crippen molar-refractivity contribution < 1.29 is 4.74 Å². The van der Waals surface area contributed by atoms with Crippen molar-refractivity contribution in [1.29, 1.82) is 0 Å². The predicted molar refractivity (Wildman–Crippen MR) is 78.8 cm³/mol. The fourth-order valence-electron chi connectivity index (χ4n) is 3.85. The molecule has 1 aliphatic carbocycles. The smallest absolute Gasteiger partial charge is 0.0594 e. The van der Waals surface area contributed by atoms with Crippen LogP contribution in [-0.2, 0) is 4.74 Å². The minimum atomic E-state index is 0.264. The number of rotatable bonds is 7. The van der Waals surface area contributed by atoms with Crippen molar-refractivity contribution in [2.45, 2.75) is 56.5 Å². The normalized spacial score (nSPS) is 25.3. The molecule has 110 valence electrons. The van der Waals surface area contributed by atoms with E-state index in [1.807, 2.05) is 6.08 Å². The molecule has 0 radical (unpaired) electrons. The summed E-state index contributed by atoms with van der Waals surface area (Å²) in [5.74, 6) is 5.89. The number of nitrogens with zero attached hydrogens (tertiary/aromatic N) is 1. The molecule has 4 nitrogen and oxygen atoms in total. The van der Waals surface area contributed by atoms with Gasteiger partial charge in [0.25, 0.3) is 0 Å². The Balaban J connectivity index is 2.04. The third kappa shape index (κ3) is 3.37. The van der Waals surface area contributed by atoms with Gasteiger partial charge >= 0.3 is 0 Å². The number of hydrazine groups is 1. The Labute approximate surface area is 117 Å². The molecule has 0 spiro atoms. The van der Waals surface area contributed by atoms with E-state index in [1.165, 1.54) is 32.1 Å². The Hall–Kier alpha value is -0.420. The lowest BCUT2D eigenvalue weighted by Crippen LogP contribution is -2.63. The lowest BCUT2D eigenvalue weighted by Gasteiger charge is -2.48. The summed E-state index contributed by atoms with van der Waals surface area (Å²) in [4.78, 5) is 2.64. The molecule has 1 unspecified atom stereocenters. The zero-order chi connectivity index (χ0) is 13.6. The number of morpholine rings is 1. The van der Waals surface area contributed by atoms with Gasteiger partial charge in [0.1, 0.15) is 0 Å². The molecule has 2 rings (SSSR count). The van der Waals surface area contributed by atoms with Gasteiger partial charge in [-0.3, -0.25) is 16.2 Å². The van der Waals surface area contributed by atoms with E-state index < -0.39 is 0 Å². The maximum Gasteiger partial charge on any atom is 0.0594 e. The highest BCUT2D eigenvalue weighted by atomic mass is 16.5. The van der Waals surface area contributed by atoms with E-state index in [-0.39, 0.29) is 5.54 Å². The van der Waals surface area contributed by atoms with Gasteiger partial charge in [-0.05, 0) is 32.1 Å². The van der Waals surface area contributed by atoms with Gasteiger partial charge in [0.2, 0.25) is 0 Å². The van der Waals surface area contributed by atoms with Crippen LogP contribution >= 0.6 is 0 Å². The molecule has 2 fully saturated rings. The molecule has 3 N–H and O–H groups in total. The lowest BCUT2D eigenvalue weighted by atomic mass is 9.83. The summed E-state index contributed by atoms with van der Waals surface area (Å²) >= 11 is 0. The molecule has 19 heavy (non-hydrogen) atoms. The number of hydrogen-bond acceptors (Lipinski definition) is 4. The quantitative estimate of drug-likeness (QED) is 0.320. The van der Waals surface area contributed by atoms with E-state index in [0.717, 1.165) is 39.1 Å². The second kappa shape index (κ2) is 7.39. The Morgan fingerprint density at radius 1 is 1.32 bits per heavy atom. The highest BCUT2D eigenvalue weighted by Crippen LogP contribution is 2.39. The van der Waals surface area contributed by atoms with E-state index in [1.54, 1.807) is 0 Å². The SMILES string of the molecule is C=CCCCC(NN)C1(N2CCOCC2)CCCC1. The standard InChI is InChI=1S/C15H29N3O/c1-2-3-4-7-14(17-16)15(8-5-6-9-15)18-10-12-19-13-11-18/h2,14,17H,1,3-13,16H2. The predicted octanol–water partition coefficient (Wildman–Crippen LogP) is 1.82. The Kier molecular flexibility index (Phi) is 5.82. The summed E-state index contributed by atoms with van der Waals surface area (Å²) in [7, 11) is 0. The van der Waals surface area contributed by atoms with Crippen LogP contribution in [0.4, 0.5) is 0 Å². The fraction of sp³-hybridized carbons (Fsp3) is 0.867. The molecule has 1 saturated heterocycles. The van der Waals surface area contributed by atoms with Crippen molar-refractivity contribution in [2.24, 2.45) is 5.84 Å². The summed E-state index contributed by atoms with van der Waals surface area (Å²) in [6.45, 7) is 7.65. The van der Waals surface area contributed by atoms with Crippen LogP contribution in [0.1, 0.15) is 44.9 Å². The van der Waals surface area contributed by atoms with Crippen LogP contribution in [0.3, 0.4) is 0 Å². The first-order valence-corrected chi connectivity index (χ1v) is 7.73. The first-order chi connectivity index (χ1) is 9.33. The van der Waals surface area contributed by atoms with Crippen LogP contribution < -0.4 is 11.3 Å². The van der Waals surface area contributed by atoms with Gasteiger partial charge < -0.3 is 4.74 Å². The molecule has 0 bridgehead atoms. The average molecular weight is 267 g/mol. The summed E-state index contributed by atoms with van der Waals surface area (Å²) in [6, 6.07) is 0.396. The number of nitrogens with one attached hydrogen (secondary N) is 1. The number of ether oxygens (including phenoxy) is 1. The zero-order valence-electron chi connectivity index (χ0n) is 12.1. The van der Waals surface area contributed by atoms with Gasteiger partial charge in [0, 0.05) is 24.7 Å². The number of hydrogen-bond donors (Lipinski definition) is 2. The maximum absolute atomic E-state index is 5.89. The molecular weight excluding hydrogens is 238 g/mol. The van der Waals surface area contributed by atoms with E-state index in [4.69, 9.17) is 10.6 Å². The minimum Gasteiger partial charge on any atom is -0.379 e. The second-order valence-corrected chi connectivity index (χ2v) is 5.85. The fourth-order valence-corrected chi connectivity index (χ4v) is 3.85. The topological polar surface area (TPSA) is 50.5 Å². The minimum absolute atomic E-state index is 0.264. The molecule has 1 atom stereocenters. The van der Waals surface area contributed by atoms with Crippen molar-refractivity contribution in [3.8, 4) is 0 Å². The molecule has 0 aromatic carbocycles. The number of unbranched alkanes of at least 4 members (excludes halogenated alkanes) is 1. The van der Waals surface area contributed by atoms with E-state index in [2.05, 4.69) is 16.9 Å². The van der Waals surface area contributed by atoms with E-state index in [0.29, 0.717) is 6.04 Å². The third-order valence-electron chi connectivity index (χ3n) is 4.86. The average Bonchev–Trinajstić information content (AvgIpc) is 2.95. The van der Waals surface area contributed by atoms with Crippen molar-refractivity contribution in [3.05, 3.63) is 12.7 Å². The monoisotopic (exact) mass is 267 g/mol. The molecule has 0 aromatic heterocycles. The highest BCUT2D eigenvalue weighted by Gasteiger charge is 2.45. The summed E-state index contributed by atoms with van der Waals surface area (Å²) in [5, 5.41) is 0. The van der Waals surface area contributed by atoms with E-state index in [9.17, 15) is 0 Å². The molecule has 1 saturated carbocycles. The van der Waals surface area contributed by atoms with Crippen LogP contribution in [0.2, 0.25) is 0 Å². The first kappa shape index (κ1) is 15.0. The van der Waals surface area contributed by atoms with Crippen molar-refractivity contribution in [3.63, 3.8) is 0 Å². The Bertz CT molecular complexity index is 271. The second-order valence-electron chi connectivity index (χ2n) is 5.85. The number of nitrogens with two attached hydrogens (primary N) is 1. The van der Waals surface area contributed by atoms with Gasteiger partial charge in [0.05, 0.1) is 13.2 Å². The van der Waals surface area contributed by atoms with Crippen molar-refractivity contribution in [2.75, 3.05) is 26.3 Å². The highest BCUT2D eigenvalue weighted by molar-refractivity contribution is 5.03. The van der Waals surface area contributed by atoms with Gasteiger partial charge in [-0.25, -0.2) is 0 Å². The van der Waals surface area contributed by atoms with Gasteiger partial charge in [-0.15, -0.1) is 6.58 Å². The van der Waals surface area contributed by atoms with Crippen LogP contribution in [0.5, 0.6) is 0 Å². The molecule has 0 aromatic rings. The van der Waals surface area contributed by atoms with Crippen LogP contribution in [-0.4, -0.2) is 42.8 Å². The third-order valence-corrected chi connectivity index (χ3v) is 4.86. The zero-order valence-corrected chi connectivity index (χ0v) is 12.1. The first-order valence-electron chi connectivity index (χ1n) is 7.73. The summed E-state index contributed by atoms with van der Waals surface area (Å²) in [5.41, 5.74) is 3.39. The van der Waals surface area contributed by atoms with Crippen LogP contribution in [0, 0.1) is 0 Å². The molecule has 0 amide bonds. The summed E-state index contributed by atoms with van der Waals surface area (Å²) < 4.78 is 5.51. The van der Waals surface area contributed by atoms with Gasteiger partial charge in [0.15, 0.2) is 0 Å². The summed E-state index contributed by atoms with van der Waals surface area (Å²) in [6.07, 6.45) is 10.6. The molecule has 1 heterocycles. The largest absolute Gasteiger partial charge is 0.379 e. The van der Waals surface area contributed by atoms with Gasteiger partial charge in [-0.2, -0.15) is 0 Å². The molecule has 2 aliphatic rings.